The molecule has 11 nitrogen and oxygen atoms in total. The molecule has 0 spiro atoms. The van der Waals surface area contributed by atoms with Gasteiger partial charge in [0, 0.05) is 19.0 Å². The summed E-state index contributed by atoms with van der Waals surface area (Å²) in [5.74, 6) is 0.594. The predicted molar refractivity (Wildman–Crippen MR) is 124 cm³/mol. The maximum absolute atomic E-state index is 12.6. The van der Waals surface area contributed by atoms with Gasteiger partial charge in [0.2, 0.25) is 11.7 Å². The van der Waals surface area contributed by atoms with E-state index in [0.717, 1.165) is 0 Å². The van der Waals surface area contributed by atoms with Gasteiger partial charge in [0.05, 0.1) is 32.6 Å². The van der Waals surface area contributed by atoms with Gasteiger partial charge in [-0.1, -0.05) is 0 Å². The van der Waals surface area contributed by atoms with Crippen LogP contribution >= 0.6 is 11.8 Å². The van der Waals surface area contributed by atoms with Gasteiger partial charge in [0.25, 0.3) is 5.91 Å². The van der Waals surface area contributed by atoms with Crippen molar-refractivity contribution in [3.8, 4) is 17.2 Å². The number of hydrogen-bond donors (Lipinski definition) is 2. The number of ketones is 1. The van der Waals surface area contributed by atoms with Crippen molar-refractivity contribution >= 4 is 40.5 Å². The molecule has 2 amide bonds. The number of benzene rings is 1. The number of H-pyrrole nitrogens is 1. The van der Waals surface area contributed by atoms with Crippen molar-refractivity contribution < 1.29 is 28.6 Å². The van der Waals surface area contributed by atoms with Gasteiger partial charge >= 0.3 is 0 Å². The second-order valence-corrected chi connectivity index (χ2v) is 8.37. The first kappa shape index (κ1) is 23.4. The lowest BCUT2D eigenvalue weighted by Gasteiger charge is -2.25. The third kappa shape index (κ3) is 4.62. The number of rotatable bonds is 9. The van der Waals surface area contributed by atoms with Crippen LogP contribution in [-0.2, 0) is 9.59 Å². The number of aromatic nitrogens is 3. The number of aromatic amines is 1. The van der Waals surface area contributed by atoms with Crippen molar-refractivity contribution in [2.45, 2.75) is 18.2 Å². The lowest BCUT2D eigenvalue weighted by molar-refractivity contribution is -0.139. The molecule has 2 aromatic heterocycles. The van der Waals surface area contributed by atoms with E-state index < -0.39 is 11.3 Å². The second-order valence-electron chi connectivity index (χ2n) is 7.30. The van der Waals surface area contributed by atoms with E-state index in [2.05, 4.69) is 20.4 Å². The molecule has 1 saturated heterocycles. The molecule has 12 heteroatoms. The van der Waals surface area contributed by atoms with Gasteiger partial charge in [0.15, 0.2) is 28.8 Å². The number of amides is 2. The Hall–Kier alpha value is -3.80. The van der Waals surface area contributed by atoms with Crippen LogP contribution in [0.2, 0.25) is 0 Å². The first-order chi connectivity index (χ1) is 16.4. The average molecular weight is 486 g/mol. The largest absolute Gasteiger partial charge is 0.493 e. The highest BCUT2D eigenvalue weighted by Gasteiger charge is 2.35. The Labute approximate surface area is 199 Å². The number of thioether (sulfide) groups is 1. The summed E-state index contributed by atoms with van der Waals surface area (Å²) in [7, 11) is 4.51. The zero-order valence-corrected chi connectivity index (χ0v) is 19.6. The maximum Gasteiger partial charge on any atom is 0.252 e. The molecule has 1 unspecified atom stereocenters. The lowest BCUT2D eigenvalue weighted by atomic mass is 10.1. The zero-order valence-electron chi connectivity index (χ0n) is 18.8. The molecule has 1 atom stereocenters. The predicted octanol–water partition coefficient (Wildman–Crippen LogP) is 2.25. The van der Waals surface area contributed by atoms with Crippen LogP contribution in [0.1, 0.15) is 34.4 Å². The number of nitrogens with one attached hydrogen (secondary N) is 2. The molecule has 178 valence electrons. The quantitative estimate of drug-likeness (QED) is 0.437. The molecule has 3 heterocycles. The number of hydrogen-bond acceptors (Lipinski definition) is 9. The van der Waals surface area contributed by atoms with E-state index in [1.54, 1.807) is 30.5 Å². The van der Waals surface area contributed by atoms with Gasteiger partial charge < -0.3 is 19.2 Å². The standard InChI is InChI=1S/C22H23N5O6S/c1-31-15-9-12(10-16(32-2)19(15)33-3)22-27(18(30)11-34-22)26-17(29)7-6-14(28)21-24-13-5-4-8-23-20(13)25-21/h4-5,8-10,22H,6-7,11H2,1-3H3,(H,26,29)(H,23,24,25). The van der Waals surface area contributed by atoms with Crippen molar-refractivity contribution in [1.29, 1.82) is 0 Å². The summed E-state index contributed by atoms with van der Waals surface area (Å²) in [6, 6.07) is 6.96. The van der Waals surface area contributed by atoms with Gasteiger partial charge in [-0.25, -0.2) is 15.0 Å². The van der Waals surface area contributed by atoms with Crippen LogP contribution in [0.5, 0.6) is 17.2 Å². The number of imidazole rings is 1. The van der Waals surface area contributed by atoms with Crippen molar-refractivity contribution in [2.75, 3.05) is 27.1 Å². The maximum atomic E-state index is 12.6. The van der Waals surface area contributed by atoms with E-state index in [9.17, 15) is 14.4 Å². The number of pyridine rings is 1. The number of ether oxygens (including phenoxy) is 3. The minimum Gasteiger partial charge on any atom is -0.493 e. The molecular weight excluding hydrogens is 462 g/mol. The van der Waals surface area contributed by atoms with Crippen LogP contribution in [0, 0.1) is 0 Å². The molecule has 4 rings (SSSR count). The van der Waals surface area contributed by atoms with Crippen molar-refractivity contribution in [3.05, 3.63) is 41.9 Å². The van der Waals surface area contributed by atoms with E-state index in [-0.39, 0.29) is 36.1 Å². The van der Waals surface area contributed by atoms with Crippen LogP contribution in [0.25, 0.3) is 11.2 Å². The number of carbonyl (C=O) groups is 3. The second kappa shape index (κ2) is 10.00. The SMILES string of the molecule is COc1cc(C2SCC(=O)N2NC(=O)CCC(=O)c2nc3ncccc3[nH]2)cc(OC)c1OC. The van der Waals surface area contributed by atoms with Crippen LogP contribution in [0.4, 0.5) is 0 Å². The highest BCUT2D eigenvalue weighted by Crippen LogP contribution is 2.45. The zero-order chi connectivity index (χ0) is 24.2. The summed E-state index contributed by atoms with van der Waals surface area (Å²) >= 11 is 1.35. The number of Topliss-reactive ketones (excluding diaryl/α,β-unsaturated/α-hetero) is 1. The van der Waals surface area contributed by atoms with Gasteiger partial charge in [-0.2, -0.15) is 0 Å². The Morgan fingerprint density at radius 3 is 2.56 bits per heavy atom. The van der Waals surface area contributed by atoms with Crippen LogP contribution in [0.15, 0.2) is 30.5 Å². The van der Waals surface area contributed by atoms with Crippen molar-refractivity contribution in [2.24, 2.45) is 0 Å². The van der Waals surface area contributed by atoms with Gasteiger partial charge in [0.1, 0.15) is 5.37 Å². The normalized spacial score (nSPS) is 15.4. The Balaban J connectivity index is 1.44. The summed E-state index contributed by atoms with van der Waals surface area (Å²) in [6.07, 6.45) is 1.40. The summed E-state index contributed by atoms with van der Waals surface area (Å²) in [5.41, 5.74) is 4.40. The minimum absolute atomic E-state index is 0.0737. The van der Waals surface area contributed by atoms with Crippen molar-refractivity contribution in [3.63, 3.8) is 0 Å². The number of methoxy groups -OCH3 is 3. The molecule has 0 aliphatic carbocycles. The molecule has 0 radical (unpaired) electrons. The fourth-order valence-electron chi connectivity index (χ4n) is 3.55. The molecule has 1 aliphatic heterocycles. The Morgan fingerprint density at radius 1 is 1.18 bits per heavy atom. The first-order valence-electron chi connectivity index (χ1n) is 10.3. The summed E-state index contributed by atoms with van der Waals surface area (Å²) in [5, 5.41) is 0.769. The number of fused-ring (bicyclic) bond motifs is 1. The fraction of sp³-hybridized carbons (Fsp3) is 0.318. The first-order valence-corrected chi connectivity index (χ1v) is 11.4. The number of carbonyl (C=O) groups excluding carboxylic acids is 3. The minimum atomic E-state index is -0.498. The highest BCUT2D eigenvalue weighted by molar-refractivity contribution is 8.00. The highest BCUT2D eigenvalue weighted by atomic mass is 32.2. The van der Waals surface area contributed by atoms with Crippen LogP contribution < -0.4 is 19.6 Å². The average Bonchev–Trinajstić information content (AvgIpc) is 3.45. The van der Waals surface area contributed by atoms with E-state index >= 15 is 0 Å². The smallest absolute Gasteiger partial charge is 0.252 e. The third-order valence-corrected chi connectivity index (χ3v) is 6.40. The Bertz CT molecular complexity index is 1190. The molecule has 34 heavy (non-hydrogen) atoms. The molecule has 3 aromatic rings. The topological polar surface area (TPSA) is 136 Å². The molecule has 0 saturated carbocycles. The lowest BCUT2D eigenvalue weighted by Crippen LogP contribution is -2.44. The van der Waals surface area contributed by atoms with Gasteiger partial charge in [-0.15, -0.1) is 11.8 Å². The van der Waals surface area contributed by atoms with Crippen LogP contribution in [0.3, 0.4) is 0 Å². The Kier molecular flexibility index (Phi) is 6.87. The molecule has 2 N–H and O–H groups in total. The molecule has 0 bridgehead atoms. The van der Waals surface area contributed by atoms with Crippen LogP contribution in [-0.4, -0.2) is 64.6 Å². The molecule has 1 aliphatic rings. The van der Waals surface area contributed by atoms with E-state index in [0.29, 0.717) is 34.0 Å². The van der Waals surface area contributed by atoms with Gasteiger partial charge in [-0.05, 0) is 29.8 Å². The molecule has 1 aromatic carbocycles. The van der Waals surface area contributed by atoms with E-state index in [1.807, 2.05) is 0 Å². The Morgan fingerprint density at radius 2 is 1.91 bits per heavy atom. The number of nitrogens with zero attached hydrogens (tertiary/aromatic N) is 3. The number of hydrazine groups is 1. The molecule has 1 fully saturated rings. The van der Waals surface area contributed by atoms with Crippen molar-refractivity contribution in [1.82, 2.24) is 25.4 Å². The molecular formula is C22H23N5O6S. The van der Waals surface area contributed by atoms with Gasteiger partial charge in [-0.3, -0.25) is 19.8 Å². The van der Waals surface area contributed by atoms with E-state index in [4.69, 9.17) is 14.2 Å². The van der Waals surface area contributed by atoms with E-state index in [1.165, 1.54) is 38.1 Å². The summed E-state index contributed by atoms with van der Waals surface area (Å²) in [6.45, 7) is 0. The monoisotopic (exact) mass is 485 g/mol. The fourth-order valence-corrected chi connectivity index (χ4v) is 4.64. The summed E-state index contributed by atoms with van der Waals surface area (Å²) < 4.78 is 16.1. The summed E-state index contributed by atoms with van der Waals surface area (Å²) in [4.78, 5) is 48.7. The third-order valence-electron chi connectivity index (χ3n) is 5.19.